The highest BCUT2D eigenvalue weighted by molar-refractivity contribution is 5.80. The smallest absolute Gasteiger partial charge is 0.323 e. The summed E-state index contributed by atoms with van der Waals surface area (Å²) in [6.45, 7) is 2.21. The minimum atomic E-state index is -1.02. The lowest BCUT2D eigenvalue weighted by Gasteiger charge is -2.28. The van der Waals surface area contributed by atoms with Crippen LogP contribution < -0.4 is 0 Å². The molecule has 0 radical (unpaired) electrons. The molecule has 0 aromatic carbocycles. The van der Waals surface area contributed by atoms with Gasteiger partial charge in [0, 0.05) is 19.1 Å². The van der Waals surface area contributed by atoms with Crippen molar-refractivity contribution in [3.8, 4) is 6.07 Å². The van der Waals surface area contributed by atoms with Crippen molar-refractivity contribution in [2.45, 2.75) is 32.2 Å². The molecule has 94 valence electrons. The Kier molecular flexibility index (Phi) is 4.76. The molecule has 6 heteroatoms. The third-order valence-corrected chi connectivity index (χ3v) is 2.68. The van der Waals surface area contributed by atoms with Gasteiger partial charge in [-0.25, -0.2) is 4.79 Å². The van der Waals surface area contributed by atoms with Gasteiger partial charge in [-0.3, -0.25) is 4.79 Å². The normalized spacial score (nSPS) is 13.9. The van der Waals surface area contributed by atoms with E-state index in [1.54, 1.807) is 11.8 Å². The molecule has 1 N–H and O–H groups in total. The summed E-state index contributed by atoms with van der Waals surface area (Å²) in [5, 5.41) is 17.3. The van der Waals surface area contributed by atoms with E-state index in [4.69, 9.17) is 10.4 Å². The van der Waals surface area contributed by atoms with Crippen molar-refractivity contribution >= 4 is 12.0 Å². The maximum Gasteiger partial charge on any atom is 0.323 e. The van der Waals surface area contributed by atoms with Crippen molar-refractivity contribution in [2.75, 3.05) is 19.6 Å². The van der Waals surface area contributed by atoms with Gasteiger partial charge in [0.05, 0.1) is 12.5 Å². The van der Waals surface area contributed by atoms with Gasteiger partial charge in [0.25, 0.3) is 0 Å². The Morgan fingerprint density at radius 3 is 2.53 bits per heavy atom. The number of hydrogen-bond donors (Lipinski definition) is 1. The van der Waals surface area contributed by atoms with E-state index < -0.39 is 5.97 Å². The molecule has 1 fully saturated rings. The van der Waals surface area contributed by atoms with E-state index in [0.29, 0.717) is 13.1 Å². The minimum Gasteiger partial charge on any atom is -0.480 e. The van der Waals surface area contributed by atoms with Gasteiger partial charge in [0.1, 0.15) is 6.54 Å². The van der Waals surface area contributed by atoms with Crippen LogP contribution in [-0.4, -0.2) is 52.6 Å². The second kappa shape index (κ2) is 6.09. The van der Waals surface area contributed by atoms with Gasteiger partial charge in [-0.15, -0.1) is 0 Å². The number of carboxylic acid groups (broad SMARTS) is 1. The highest BCUT2D eigenvalue weighted by Gasteiger charge is 2.34. The Labute approximate surface area is 100 Å². The molecule has 1 saturated carbocycles. The third-order valence-electron chi connectivity index (χ3n) is 2.68. The molecule has 0 atom stereocenters. The average Bonchev–Trinajstić information content (AvgIpc) is 3.10. The molecule has 0 aromatic heterocycles. The van der Waals surface area contributed by atoms with E-state index in [2.05, 4.69) is 0 Å². The largest absolute Gasteiger partial charge is 0.480 e. The van der Waals surface area contributed by atoms with Crippen molar-refractivity contribution in [3.63, 3.8) is 0 Å². The zero-order valence-electron chi connectivity index (χ0n) is 9.93. The van der Waals surface area contributed by atoms with Gasteiger partial charge >= 0.3 is 12.0 Å². The summed E-state index contributed by atoms with van der Waals surface area (Å²) >= 11 is 0. The summed E-state index contributed by atoms with van der Waals surface area (Å²) in [5.41, 5.74) is 0. The summed E-state index contributed by atoms with van der Waals surface area (Å²) in [6, 6.07) is 1.93. The Morgan fingerprint density at radius 2 is 2.12 bits per heavy atom. The van der Waals surface area contributed by atoms with Crippen LogP contribution in [0, 0.1) is 11.3 Å². The molecule has 1 rings (SSSR count). The van der Waals surface area contributed by atoms with Crippen molar-refractivity contribution in [3.05, 3.63) is 0 Å². The number of nitriles is 1. The first-order chi connectivity index (χ1) is 8.10. The monoisotopic (exact) mass is 239 g/mol. The molecule has 2 amide bonds. The number of carbonyl (C=O) groups excluding carboxylic acids is 1. The maximum atomic E-state index is 12.1. The van der Waals surface area contributed by atoms with Gasteiger partial charge in [-0.05, 0) is 19.8 Å². The van der Waals surface area contributed by atoms with Crippen LogP contribution in [0.5, 0.6) is 0 Å². The molecule has 0 spiro atoms. The van der Waals surface area contributed by atoms with E-state index in [0.717, 1.165) is 12.8 Å². The number of nitrogens with zero attached hydrogens (tertiary/aromatic N) is 3. The molecule has 0 unspecified atom stereocenters. The standard InChI is InChI=1S/C11H17N3O3/c1-2-13(8-10(15)16)11(17)14(7-3-6-12)9-4-5-9/h9H,2-5,7-8H2,1H3,(H,15,16). The summed E-state index contributed by atoms with van der Waals surface area (Å²) in [6.07, 6.45) is 2.18. The number of amides is 2. The molecule has 1 aliphatic rings. The zero-order valence-corrected chi connectivity index (χ0v) is 9.93. The first-order valence-corrected chi connectivity index (χ1v) is 5.74. The van der Waals surface area contributed by atoms with Crippen LogP contribution in [0.25, 0.3) is 0 Å². The van der Waals surface area contributed by atoms with Gasteiger partial charge in [0.2, 0.25) is 0 Å². The van der Waals surface area contributed by atoms with Crippen LogP contribution in [0.15, 0.2) is 0 Å². The van der Waals surface area contributed by atoms with Crippen molar-refractivity contribution in [1.29, 1.82) is 5.26 Å². The van der Waals surface area contributed by atoms with Crippen LogP contribution in [0.2, 0.25) is 0 Å². The van der Waals surface area contributed by atoms with Gasteiger partial charge < -0.3 is 14.9 Å². The van der Waals surface area contributed by atoms with Crippen LogP contribution in [0.4, 0.5) is 4.79 Å². The lowest BCUT2D eigenvalue weighted by atomic mass is 10.4. The van der Waals surface area contributed by atoms with Crippen molar-refractivity contribution < 1.29 is 14.7 Å². The maximum absolute atomic E-state index is 12.1. The van der Waals surface area contributed by atoms with E-state index >= 15 is 0 Å². The fraction of sp³-hybridized carbons (Fsp3) is 0.727. The number of aliphatic carboxylic acids is 1. The third kappa shape index (κ3) is 3.94. The lowest BCUT2D eigenvalue weighted by molar-refractivity contribution is -0.137. The van der Waals surface area contributed by atoms with E-state index in [1.807, 2.05) is 6.07 Å². The molecular formula is C11H17N3O3. The van der Waals surface area contributed by atoms with Crippen LogP contribution in [0.1, 0.15) is 26.2 Å². The Bertz CT molecular complexity index is 333. The van der Waals surface area contributed by atoms with Crippen LogP contribution in [-0.2, 0) is 4.79 Å². The summed E-state index contributed by atoms with van der Waals surface area (Å²) < 4.78 is 0. The molecule has 0 saturated heterocycles. The molecule has 17 heavy (non-hydrogen) atoms. The fourth-order valence-corrected chi connectivity index (χ4v) is 1.65. The van der Waals surface area contributed by atoms with Crippen molar-refractivity contribution in [2.24, 2.45) is 0 Å². The first-order valence-electron chi connectivity index (χ1n) is 5.74. The van der Waals surface area contributed by atoms with E-state index in [9.17, 15) is 9.59 Å². The minimum absolute atomic E-state index is 0.193. The number of carboxylic acids is 1. The highest BCUT2D eigenvalue weighted by Crippen LogP contribution is 2.27. The second-order valence-corrected chi connectivity index (χ2v) is 4.02. The summed E-state index contributed by atoms with van der Waals surface area (Å²) in [4.78, 5) is 25.6. The Hall–Kier alpha value is -1.77. The van der Waals surface area contributed by atoms with Crippen molar-refractivity contribution in [1.82, 2.24) is 9.80 Å². The predicted molar refractivity (Wildman–Crippen MR) is 60.2 cm³/mol. The number of likely N-dealkylation sites (N-methyl/N-ethyl adjacent to an activating group) is 1. The molecule has 0 aromatic rings. The first kappa shape index (κ1) is 13.3. The molecule has 0 heterocycles. The molecule has 6 nitrogen and oxygen atoms in total. The quantitative estimate of drug-likeness (QED) is 0.746. The summed E-state index contributed by atoms with van der Waals surface area (Å²) in [7, 11) is 0. The molecule has 0 bridgehead atoms. The topological polar surface area (TPSA) is 84.6 Å². The second-order valence-electron chi connectivity index (χ2n) is 4.02. The molecule has 0 aliphatic heterocycles. The summed E-state index contributed by atoms with van der Waals surface area (Å²) in [5.74, 6) is -1.02. The number of carbonyl (C=O) groups is 2. The predicted octanol–water partition coefficient (Wildman–Crippen LogP) is 0.891. The van der Waals surface area contributed by atoms with E-state index in [-0.39, 0.29) is 25.0 Å². The number of hydrogen-bond acceptors (Lipinski definition) is 3. The van der Waals surface area contributed by atoms with Gasteiger partial charge in [-0.2, -0.15) is 5.26 Å². The SMILES string of the molecule is CCN(CC(=O)O)C(=O)N(CCC#N)C1CC1. The Balaban J connectivity index is 2.61. The number of urea groups is 1. The number of rotatable bonds is 6. The van der Waals surface area contributed by atoms with Crippen LogP contribution in [0.3, 0.4) is 0 Å². The van der Waals surface area contributed by atoms with E-state index in [1.165, 1.54) is 4.90 Å². The zero-order chi connectivity index (χ0) is 12.8. The molecule has 1 aliphatic carbocycles. The van der Waals surface area contributed by atoms with Gasteiger partial charge in [0.15, 0.2) is 0 Å². The molecular weight excluding hydrogens is 222 g/mol. The Morgan fingerprint density at radius 1 is 1.47 bits per heavy atom. The average molecular weight is 239 g/mol. The fourth-order valence-electron chi connectivity index (χ4n) is 1.65. The lowest BCUT2D eigenvalue weighted by Crippen LogP contribution is -2.46. The van der Waals surface area contributed by atoms with Crippen LogP contribution >= 0.6 is 0 Å². The highest BCUT2D eigenvalue weighted by atomic mass is 16.4. The van der Waals surface area contributed by atoms with Gasteiger partial charge in [-0.1, -0.05) is 0 Å².